The average molecular weight is 277 g/mol. The average Bonchev–Trinajstić information content (AvgIpc) is 2.42. The van der Waals surface area contributed by atoms with Crippen LogP contribution in [-0.4, -0.2) is 11.5 Å². The van der Waals surface area contributed by atoms with Gasteiger partial charge in [0.2, 0.25) is 0 Å². The van der Waals surface area contributed by atoms with Gasteiger partial charge in [-0.3, -0.25) is 4.79 Å². The summed E-state index contributed by atoms with van der Waals surface area (Å²) < 4.78 is 32.5. The van der Waals surface area contributed by atoms with Crippen LogP contribution in [0.1, 0.15) is 19.5 Å². The van der Waals surface area contributed by atoms with Crippen molar-refractivity contribution in [2.75, 3.05) is 0 Å². The zero-order chi connectivity index (χ0) is 14.8. The van der Waals surface area contributed by atoms with Crippen LogP contribution in [0.3, 0.4) is 0 Å². The quantitative estimate of drug-likeness (QED) is 0.804. The molecule has 1 aromatic heterocycles. The third kappa shape index (κ3) is 2.66. The molecule has 0 bridgehead atoms. The molecule has 0 radical (unpaired) electrons. The molecule has 2 rings (SSSR count). The minimum atomic E-state index is -1.14. The van der Waals surface area contributed by atoms with Gasteiger partial charge in [0, 0.05) is 11.6 Å². The number of ether oxygens (including phenoxy) is 1. The van der Waals surface area contributed by atoms with Crippen LogP contribution in [-0.2, 0) is 15.1 Å². The van der Waals surface area contributed by atoms with Crippen LogP contribution in [0.2, 0.25) is 0 Å². The van der Waals surface area contributed by atoms with Gasteiger partial charge in [-0.15, -0.1) is 0 Å². The largest absolute Gasteiger partial charge is 0.455 e. The highest BCUT2D eigenvalue weighted by atomic mass is 19.2. The summed E-state index contributed by atoms with van der Waals surface area (Å²) in [4.78, 5) is 14.6. The summed E-state index contributed by atoms with van der Waals surface area (Å²) in [5.74, 6) is -2.06. The number of carbonyl (C=O) groups excluding carboxylic acids is 1. The van der Waals surface area contributed by atoms with Crippen LogP contribution in [0.5, 0.6) is 0 Å². The molecular formula is C15H13F2NO2. The Hall–Kier alpha value is -2.30. The Morgan fingerprint density at radius 3 is 2.45 bits per heavy atom. The maximum Gasteiger partial charge on any atom is 0.294 e. The normalized spacial score (nSPS) is 11.2. The molecule has 0 saturated heterocycles. The summed E-state index contributed by atoms with van der Waals surface area (Å²) in [7, 11) is 0. The van der Waals surface area contributed by atoms with E-state index in [0.29, 0.717) is 5.56 Å². The monoisotopic (exact) mass is 277 g/mol. The molecule has 20 heavy (non-hydrogen) atoms. The molecule has 0 aliphatic heterocycles. The molecule has 5 heteroatoms. The Balaban J connectivity index is 2.59. The third-order valence-corrected chi connectivity index (χ3v) is 2.92. The van der Waals surface area contributed by atoms with Crippen molar-refractivity contribution in [3.8, 4) is 11.3 Å². The minimum absolute atomic E-state index is 0.108. The molecule has 0 amide bonds. The van der Waals surface area contributed by atoms with E-state index in [1.54, 1.807) is 44.2 Å². The molecule has 0 unspecified atom stereocenters. The molecule has 0 N–H and O–H groups in total. The van der Waals surface area contributed by atoms with Gasteiger partial charge in [0.1, 0.15) is 11.3 Å². The fourth-order valence-corrected chi connectivity index (χ4v) is 1.77. The summed E-state index contributed by atoms with van der Waals surface area (Å²) in [6, 6.07) is 9.36. The summed E-state index contributed by atoms with van der Waals surface area (Å²) in [6.45, 7) is 3.36. The Labute approximate surface area is 115 Å². The second-order valence-electron chi connectivity index (χ2n) is 4.74. The standard InChI is InChI=1S/C15H13F2NO2/c1-15(2,20-9-19)12-8-11(16)13(17)14(18-12)10-6-4-3-5-7-10/h3-9H,1-2H3. The van der Waals surface area contributed by atoms with Crippen molar-refractivity contribution in [1.82, 2.24) is 4.98 Å². The molecular weight excluding hydrogens is 264 g/mol. The van der Waals surface area contributed by atoms with Gasteiger partial charge in [-0.05, 0) is 13.8 Å². The smallest absolute Gasteiger partial charge is 0.294 e. The highest BCUT2D eigenvalue weighted by molar-refractivity contribution is 5.60. The van der Waals surface area contributed by atoms with Crippen molar-refractivity contribution < 1.29 is 18.3 Å². The van der Waals surface area contributed by atoms with E-state index >= 15 is 0 Å². The lowest BCUT2D eigenvalue weighted by Crippen LogP contribution is -2.23. The molecule has 0 saturated carbocycles. The van der Waals surface area contributed by atoms with Crippen LogP contribution in [0.25, 0.3) is 11.3 Å². The Morgan fingerprint density at radius 2 is 1.85 bits per heavy atom. The summed E-state index contributed by atoms with van der Waals surface area (Å²) in [5, 5.41) is 0. The number of rotatable bonds is 4. The van der Waals surface area contributed by atoms with E-state index < -0.39 is 17.2 Å². The first kappa shape index (κ1) is 14.1. The SMILES string of the molecule is CC(C)(OC=O)c1cc(F)c(F)c(-c2ccccc2)n1. The maximum absolute atomic E-state index is 13.9. The Bertz CT molecular complexity index is 627. The zero-order valence-electron chi connectivity index (χ0n) is 11.1. The van der Waals surface area contributed by atoms with E-state index in [1.165, 1.54) is 0 Å². The van der Waals surface area contributed by atoms with Gasteiger partial charge in [0.15, 0.2) is 11.6 Å². The van der Waals surface area contributed by atoms with Crippen LogP contribution in [0.15, 0.2) is 36.4 Å². The van der Waals surface area contributed by atoms with Crippen LogP contribution in [0, 0.1) is 11.6 Å². The van der Waals surface area contributed by atoms with Crippen molar-refractivity contribution in [2.24, 2.45) is 0 Å². The summed E-state index contributed by atoms with van der Waals surface area (Å²) in [5.41, 5.74) is -0.655. The number of benzene rings is 1. The predicted octanol–water partition coefficient (Wildman–Crippen LogP) is 3.43. The second kappa shape index (κ2) is 5.36. The molecule has 1 aromatic carbocycles. The zero-order valence-corrected chi connectivity index (χ0v) is 11.1. The third-order valence-electron chi connectivity index (χ3n) is 2.92. The van der Waals surface area contributed by atoms with E-state index in [4.69, 9.17) is 4.74 Å². The van der Waals surface area contributed by atoms with Gasteiger partial charge in [0.25, 0.3) is 6.47 Å². The lowest BCUT2D eigenvalue weighted by atomic mass is 10.0. The molecule has 0 atom stereocenters. The van der Waals surface area contributed by atoms with Crippen molar-refractivity contribution >= 4 is 6.47 Å². The fourth-order valence-electron chi connectivity index (χ4n) is 1.77. The molecule has 0 aliphatic carbocycles. The van der Waals surface area contributed by atoms with Crippen LogP contribution >= 0.6 is 0 Å². The Kier molecular flexibility index (Phi) is 3.79. The number of hydrogen-bond acceptors (Lipinski definition) is 3. The van der Waals surface area contributed by atoms with E-state index in [9.17, 15) is 13.6 Å². The number of carbonyl (C=O) groups is 1. The number of halogens is 2. The van der Waals surface area contributed by atoms with Gasteiger partial charge in [0.05, 0.1) is 5.69 Å². The van der Waals surface area contributed by atoms with E-state index in [2.05, 4.69) is 4.98 Å². The molecule has 0 spiro atoms. The summed E-state index contributed by atoms with van der Waals surface area (Å²) in [6.07, 6.45) is 0. The minimum Gasteiger partial charge on any atom is -0.455 e. The van der Waals surface area contributed by atoms with Crippen LogP contribution in [0.4, 0.5) is 8.78 Å². The molecule has 0 aliphatic rings. The Morgan fingerprint density at radius 1 is 1.20 bits per heavy atom. The van der Waals surface area contributed by atoms with Crippen LogP contribution < -0.4 is 0 Å². The van der Waals surface area contributed by atoms with Gasteiger partial charge in [-0.25, -0.2) is 13.8 Å². The van der Waals surface area contributed by atoms with Crippen molar-refractivity contribution in [2.45, 2.75) is 19.4 Å². The second-order valence-corrected chi connectivity index (χ2v) is 4.74. The molecule has 2 aromatic rings. The van der Waals surface area contributed by atoms with E-state index in [-0.39, 0.29) is 17.9 Å². The highest BCUT2D eigenvalue weighted by Crippen LogP contribution is 2.28. The first-order chi connectivity index (χ1) is 9.45. The highest BCUT2D eigenvalue weighted by Gasteiger charge is 2.27. The number of hydrogen-bond donors (Lipinski definition) is 0. The van der Waals surface area contributed by atoms with Crippen molar-refractivity contribution in [1.29, 1.82) is 0 Å². The lowest BCUT2D eigenvalue weighted by molar-refractivity contribution is -0.141. The van der Waals surface area contributed by atoms with Gasteiger partial charge in [-0.2, -0.15) is 0 Å². The summed E-state index contributed by atoms with van der Waals surface area (Å²) >= 11 is 0. The lowest BCUT2D eigenvalue weighted by Gasteiger charge is -2.22. The first-order valence-electron chi connectivity index (χ1n) is 5.99. The number of aromatic nitrogens is 1. The van der Waals surface area contributed by atoms with Gasteiger partial charge >= 0.3 is 0 Å². The van der Waals surface area contributed by atoms with E-state index in [0.717, 1.165) is 6.07 Å². The molecule has 3 nitrogen and oxygen atoms in total. The number of nitrogens with zero attached hydrogens (tertiary/aromatic N) is 1. The van der Waals surface area contributed by atoms with Crippen molar-refractivity contribution in [3.05, 3.63) is 53.7 Å². The molecule has 1 heterocycles. The molecule has 0 fully saturated rings. The number of pyridine rings is 1. The fraction of sp³-hybridized carbons (Fsp3) is 0.200. The first-order valence-corrected chi connectivity index (χ1v) is 5.99. The van der Waals surface area contributed by atoms with Crippen molar-refractivity contribution in [3.63, 3.8) is 0 Å². The van der Waals surface area contributed by atoms with Gasteiger partial charge < -0.3 is 4.74 Å². The van der Waals surface area contributed by atoms with Gasteiger partial charge in [-0.1, -0.05) is 30.3 Å². The van der Waals surface area contributed by atoms with E-state index in [1.807, 2.05) is 0 Å². The predicted molar refractivity (Wildman–Crippen MR) is 69.8 cm³/mol. The molecule has 104 valence electrons. The maximum atomic E-state index is 13.9. The topological polar surface area (TPSA) is 39.2 Å².